The third-order valence-electron chi connectivity index (χ3n) is 5.96. The molecule has 7 heteroatoms. The Hall–Kier alpha value is -4.52. The lowest BCUT2D eigenvalue weighted by Crippen LogP contribution is -2.22. The molecular weight excluding hydrogens is 436 g/mol. The van der Waals surface area contributed by atoms with Crippen molar-refractivity contribution in [2.24, 2.45) is 0 Å². The average molecular weight is 456 g/mol. The van der Waals surface area contributed by atoms with Gasteiger partial charge < -0.3 is 24.1 Å². The van der Waals surface area contributed by atoms with Crippen LogP contribution in [0.2, 0.25) is 0 Å². The highest BCUT2D eigenvalue weighted by Crippen LogP contribution is 2.43. The maximum Gasteiger partial charge on any atom is 0.344 e. The summed E-state index contributed by atoms with van der Waals surface area (Å²) >= 11 is 0. The predicted molar refractivity (Wildman–Crippen MR) is 124 cm³/mol. The van der Waals surface area contributed by atoms with Gasteiger partial charge in [-0.3, -0.25) is 0 Å². The highest BCUT2D eigenvalue weighted by atomic mass is 16.6. The highest BCUT2D eigenvalue weighted by Gasteiger charge is 2.33. The number of para-hydroxylation sites is 2. The van der Waals surface area contributed by atoms with Crippen LogP contribution in [0, 0.1) is 0 Å². The molecule has 1 aliphatic rings. The maximum atomic E-state index is 13.1. The van der Waals surface area contributed by atoms with Crippen LogP contribution in [-0.2, 0) is 11.2 Å². The Morgan fingerprint density at radius 3 is 2.44 bits per heavy atom. The number of benzene rings is 3. The minimum atomic E-state index is -0.902. The van der Waals surface area contributed by atoms with Crippen LogP contribution in [0.5, 0.6) is 11.5 Å². The lowest BCUT2D eigenvalue weighted by molar-refractivity contribution is 0.0600. The molecule has 0 saturated heterocycles. The number of aliphatic hydroxyl groups excluding tert-OH is 1. The smallest absolute Gasteiger partial charge is 0.344 e. The second-order valence-corrected chi connectivity index (χ2v) is 7.91. The normalized spacial score (nSPS) is 13.8. The van der Waals surface area contributed by atoms with Crippen LogP contribution >= 0.6 is 0 Å². The molecule has 34 heavy (non-hydrogen) atoms. The minimum absolute atomic E-state index is 0.0333. The molecule has 0 amide bonds. The van der Waals surface area contributed by atoms with E-state index in [4.69, 9.17) is 13.9 Å². The Morgan fingerprint density at radius 1 is 0.971 bits per heavy atom. The van der Waals surface area contributed by atoms with Gasteiger partial charge in [0, 0.05) is 17.9 Å². The number of carbonyl (C=O) groups is 1. The summed E-state index contributed by atoms with van der Waals surface area (Å²) < 4.78 is 15.9. The number of allylic oxidation sites excluding steroid dienone is 1. The molecule has 0 fully saturated rings. The summed E-state index contributed by atoms with van der Waals surface area (Å²) in [6, 6.07) is 20.3. The molecule has 5 rings (SSSR count). The first-order valence-electron chi connectivity index (χ1n) is 10.6. The van der Waals surface area contributed by atoms with E-state index in [0.717, 1.165) is 5.56 Å². The zero-order valence-corrected chi connectivity index (χ0v) is 18.1. The van der Waals surface area contributed by atoms with E-state index in [2.05, 4.69) is 0 Å². The number of methoxy groups -OCH3 is 1. The monoisotopic (exact) mass is 456 g/mol. The number of carbonyl (C=O) groups excluding carboxylic acids is 1. The van der Waals surface area contributed by atoms with Crippen molar-refractivity contribution in [3.8, 4) is 11.5 Å². The molecule has 3 aromatic carbocycles. The van der Waals surface area contributed by atoms with Crippen molar-refractivity contribution in [3.05, 3.63) is 117 Å². The van der Waals surface area contributed by atoms with Crippen molar-refractivity contribution in [3.63, 3.8) is 0 Å². The Morgan fingerprint density at radius 2 is 1.68 bits per heavy atom. The van der Waals surface area contributed by atoms with Gasteiger partial charge in [0.25, 0.3) is 5.95 Å². The van der Waals surface area contributed by atoms with Crippen LogP contribution in [0.25, 0.3) is 11.0 Å². The van der Waals surface area contributed by atoms with Gasteiger partial charge in [0.15, 0.2) is 0 Å². The number of hydrogen-bond donors (Lipinski definition) is 2. The molecule has 0 saturated carbocycles. The van der Waals surface area contributed by atoms with Gasteiger partial charge in [0.1, 0.15) is 17.1 Å². The van der Waals surface area contributed by atoms with Gasteiger partial charge in [-0.1, -0.05) is 42.5 Å². The predicted octanol–water partition coefficient (Wildman–Crippen LogP) is 4.82. The van der Waals surface area contributed by atoms with Crippen LogP contribution in [0.3, 0.4) is 0 Å². The zero-order valence-electron chi connectivity index (χ0n) is 18.1. The van der Waals surface area contributed by atoms with Gasteiger partial charge >= 0.3 is 11.6 Å². The largest absolute Gasteiger partial charge is 0.507 e. The van der Waals surface area contributed by atoms with E-state index >= 15 is 0 Å². The SMILES string of the molecule is COC(=O)c1ccc(C(C2=C(O)Oc3ccccc3C2)c2c(O)c3ccccc3oc2=O)cc1. The van der Waals surface area contributed by atoms with Crippen LogP contribution in [0.15, 0.2) is 93.5 Å². The summed E-state index contributed by atoms with van der Waals surface area (Å²) in [4.78, 5) is 25.1. The standard InChI is InChI=1S/C27H20O7/c1-32-25(29)16-12-10-15(11-13-16)22(19-14-17-6-2-4-8-20(17)33-26(19)30)23-24(28)18-7-3-5-9-21(18)34-27(23)31/h2-13,22,28,30H,14H2,1H3. The van der Waals surface area contributed by atoms with Crippen LogP contribution in [-0.4, -0.2) is 23.3 Å². The van der Waals surface area contributed by atoms with Crippen LogP contribution < -0.4 is 10.4 Å². The third kappa shape index (κ3) is 3.57. The first-order valence-corrected chi connectivity index (χ1v) is 10.6. The van der Waals surface area contributed by atoms with E-state index in [1.807, 2.05) is 12.1 Å². The van der Waals surface area contributed by atoms with Gasteiger partial charge in [0.05, 0.1) is 23.6 Å². The summed E-state index contributed by atoms with van der Waals surface area (Å²) in [7, 11) is 1.29. The first kappa shape index (κ1) is 21.3. The van der Waals surface area contributed by atoms with Crippen molar-refractivity contribution in [2.45, 2.75) is 12.3 Å². The molecule has 0 bridgehead atoms. The van der Waals surface area contributed by atoms with Crippen LogP contribution in [0.4, 0.5) is 0 Å². The van der Waals surface area contributed by atoms with Gasteiger partial charge in [-0.05, 0) is 41.5 Å². The minimum Gasteiger partial charge on any atom is -0.507 e. The molecule has 1 atom stereocenters. The molecule has 0 aliphatic carbocycles. The van der Waals surface area contributed by atoms with Crippen molar-refractivity contribution in [1.82, 2.24) is 0 Å². The van der Waals surface area contributed by atoms with Crippen molar-refractivity contribution < 1.29 is 28.9 Å². The Balaban J connectivity index is 1.73. The van der Waals surface area contributed by atoms with E-state index in [0.29, 0.717) is 27.8 Å². The van der Waals surface area contributed by atoms with Gasteiger partial charge in [0.2, 0.25) is 0 Å². The summed E-state index contributed by atoms with van der Waals surface area (Å²) in [5.41, 5.74) is 1.54. The van der Waals surface area contributed by atoms with Gasteiger partial charge in [-0.2, -0.15) is 0 Å². The molecular formula is C27H20O7. The number of esters is 1. The molecule has 170 valence electrons. The maximum absolute atomic E-state index is 13.1. The second-order valence-electron chi connectivity index (χ2n) is 7.91. The van der Waals surface area contributed by atoms with E-state index in [9.17, 15) is 19.8 Å². The Kier molecular flexibility index (Phi) is 5.30. The molecule has 1 aliphatic heterocycles. The fourth-order valence-electron chi connectivity index (χ4n) is 4.30. The zero-order chi connectivity index (χ0) is 23.8. The van der Waals surface area contributed by atoms with Crippen molar-refractivity contribution in [1.29, 1.82) is 0 Å². The Labute approximate surface area is 194 Å². The number of fused-ring (bicyclic) bond motifs is 2. The molecule has 1 unspecified atom stereocenters. The topological polar surface area (TPSA) is 106 Å². The summed E-state index contributed by atoms with van der Waals surface area (Å²) in [5.74, 6) is -1.49. The molecule has 4 aromatic rings. The van der Waals surface area contributed by atoms with E-state index < -0.39 is 17.5 Å². The molecule has 0 spiro atoms. The molecule has 1 aromatic heterocycles. The van der Waals surface area contributed by atoms with E-state index in [-0.39, 0.29) is 29.3 Å². The first-order chi connectivity index (χ1) is 16.5. The van der Waals surface area contributed by atoms with Crippen molar-refractivity contribution >= 4 is 16.9 Å². The highest BCUT2D eigenvalue weighted by molar-refractivity contribution is 5.89. The molecule has 2 N–H and O–H groups in total. The fraction of sp³-hybridized carbons (Fsp3) is 0.111. The summed E-state index contributed by atoms with van der Waals surface area (Å²) in [6.07, 6.45) is 0.275. The number of hydrogen-bond acceptors (Lipinski definition) is 7. The lowest BCUT2D eigenvalue weighted by Gasteiger charge is -2.26. The van der Waals surface area contributed by atoms with Gasteiger partial charge in [-0.25, -0.2) is 9.59 Å². The number of rotatable bonds is 4. The molecule has 2 heterocycles. The quantitative estimate of drug-likeness (QED) is 0.335. The Bertz CT molecular complexity index is 1500. The van der Waals surface area contributed by atoms with Crippen LogP contribution in [0.1, 0.15) is 33.0 Å². The van der Waals surface area contributed by atoms with E-state index in [1.54, 1.807) is 60.7 Å². The molecule has 7 nitrogen and oxygen atoms in total. The van der Waals surface area contributed by atoms with Crippen molar-refractivity contribution in [2.75, 3.05) is 7.11 Å². The summed E-state index contributed by atoms with van der Waals surface area (Å²) in [5, 5.41) is 22.4. The average Bonchev–Trinajstić information content (AvgIpc) is 2.86. The number of aliphatic hydroxyl groups is 1. The van der Waals surface area contributed by atoms with E-state index in [1.165, 1.54) is 7.11 Å². The third-order valence-corrected chi connectivity index (χ3v) is 5.96. The molecule has 0 radical (unpaired) electrons. The second kappa shape index (κ2) is 8.44. The fourth-order valence-corrected chi connectivity index (χ4v) is 4.30. The van der Waals surface area contributed by atoms with Gasteiger partial charge in [-0.15, -0.1) is 0 Å². The lowest BCUT2D eigenvalue weighted by atomic mass is 9.81. The number of aromatic hydroxyl groups is 1. The number of ether oxygens (including phenoxy) is 2. The summed E-state index contributed by atoms with van der Waals surface area (Å²) in [6.45, 7) is 0.